The number of anilines is 1. The molecule has 0 aliphatic heterocycles. The van der Waals surface area contributed by atoms with E-state index in [1.165, 1.54) is 0 Å². The number of nitrogens with zero attached hydrogens (tertiary/aromatic N) is 1. The van der Waals surface area contributed by atoms with Crippen LogP contribution < -0.4 is 11.5 Å². The van der Waals surface area contributed by atoms with Crippen molar-refractivity contribution in [1.82, 2.24) is 4.98 Å². The number of pyridine rings is 1. The summed E-state index contributed by atoms with van der Waals surface area (Å²) in [7, 11) is 0. The number of hydrogen-bond donors (Lipinski definition) is 2. The number of nitrogen functional groups attached to an aromatic ring is 1. The Bertz CT molecular complexity index is 261. The molecule has 72 valence electrons. The number of aryl methyl sites for hydroxylation is 2. The van der Waals surface area contributed by atoms with Gasteiger partial charge in [0.25, 0.3) is 0 Å². The summed E-state index contributed by atoms with van der Waals surface area (Å²) in [6.45, 7) is 4.02. The van der Waals surface area contributed by atoms with Gasteiger partial charge in [-0.2, -0.15) is 0 Å². The maximum absolute atomic E-state index is 5.66. The third-order valence-corrected chi connectivity index (χ3v) is 1.90. The fourth-order valence-corrected chi connectivity index (χ4v) is 1.27. The van der Waals surface area contributed by atoms with Crippen molar-refractivity contribution < 1.29 is 0 Å². The Kier molecular flexibility index (Phi) is 3.25. The van der Waals surface area contributed by atoms with Gasteiger partial charge in [-0.05, 0) is 44.4 Å². The van der Waals surface area contributed by atoms with Crippen molar-refractivity contribution in [3.05, 3.63) is 23.4 Å². The fourth-order valence-electron chi connectivity index (χ4n) is 1.27. The second-order valence-corrected chi connectivity index (χ2v) is 3.58. The van der Waals surface area contributed by atoms with E-state index in [1.807, 2.05) is 19.9 Å². The molecule has 0 saturated heterocycles. The van der Waals surface area contributed by atoms with Gasteiger partial charge in [0, 0.05) is 11.7 Å². The summed E-state index contributed by atoms with van der Waals surface area (Å²) in [5.41, 5.74) is 13.5. The summed E-state index contributed by atoms with van der Waals surface area (Å²) in [4.78, 5) is 4.23. The van der Waals surface area contributed by atoms with E-state index in [1.54, 1.807) is 0 Å². The van der Waals surface area contributed by atoms with Crippen LogP contribution in [0.4, 0.5) is 5.82 Å². The van der Waals surface area contributed by atoms with Crippen LogP contribution in [-0.2, 0) is 6.42 Å². The lowest BCUT2D eigenvalue weighted by molar-refractivity contribution is 0.658. The van der Waals surface area contributed by atoms with Crippen LogP contribution in [0.25, 0.3) is 0 Å². The molecule has 0 aliphatic carbocycles. The van der Waals surface area contributed by atoms with Gasteiger partial charge in [0.2, 0.25) is 0 Å². The zero-order valence-electron chi connectivity index (χ0n) is 8.25. The van der Waals surface area contributed by atoms with Gasteiger partial charge in [-0.3, -0.25) is 0 Å². The Morgan fingerprint density at radius 1 is 1.46 bits per heavy atom. The molecule has 3 nitrogen and oxygen atoms in total. The Morgan fingerprint density at radius 3 is 2.69 bits per heavy atom. The lowest BCUT2D eigenvalue weighted by Gasteiger charge is -2.05. The lowest BCUT2D eigenvalue weighted by Crippen LogP contribution is -2.15. The molecule has 1 atom stereocenters. The highest BCUT2D eigenvalue weighted by molar-refractivity contribution is 5.34. The van der Waals surface area contributed by atoms with Crippen LogP contribution >= 0.6 is 0 Å². The van der Waals surface area contributed by atoms with Crippen LogP contribution in [-0.4, -0.2) is 11.0 Å². The Hall–Kier alpha value is -1.09. The molecule has 0 fully saturated rings. The zero-order valence-corrected chi connectivity index (χ0v) is 8.25. The highest BCUT2D eigenvalue weighted by Crippen LogP contribution is 2.08. The van der Waals surface area contributed by atoms with Crippen LogP contribution in [0.5, 0.6) is 0 Å². The smallest absolute Gasteiger partial charge is 0.123 e. The molecule has 0 radical (unpaired) electrons. The molecule has 0 aliphatic rings. The first kappa shape index (κ1) is 9.99. The summed E-state index contributed by atoms with van der Waals surface area (Å²) in [5, 5.41) is 0. The molecule has 1 rings (SSSR count). The quantitative estimate of drug-likeness (QED) is 0.734. The van der Waals surface area contributed by atoms with Crippen molar-refractivity contribution in [2.24, 2.45) is 5.73 Å². The van der Waals surface area contributed by atoms with Gasteiger partial charge < -0.3 is 11.5 Å². The summed E-state index contributed by atoms with van der Waals surface area (Å²) in [5.74, 6) is 0.597. The van der Waals surface area contributed by atoms with Crippen LogP contribution in [0.2, 0.25) is 0 Å². The maximum atomic E-state index is 5.66. The molecule has 0 bridgehead atoms. The second-order valence-electron chi connectivity index (χ2n) is 3.58. The normalized spacial score (nSPS) is 12.8. The predicted molar refractivity (Wildman–Crippen MR) is 55.4 cm³/mol. The molecule has 1 heterocycles. The standard InChI is InChI=1S/C10H17N3/c1-7-5-9(4-3-8(2)11)13-10(12)6-7/h5-6,8H,3-4,11H2,1-2H3,(H2,12,13). The van der Waals surface area contributed by atoms with E-state index in [9.17, 15) is 0 Å². The number of hydrogen-bond acceptors (Lipinski definition) is 3. The third kappa shape index (κ3) is 3.42. The van der Waals surface area contributed by atoms with E-state index in [4.69, 9.17) is 11.5 Å². The molecule has 0 aromatic carbocycles. The van der Waals surface area contributed by atoms with Gasteiger partial charge in [0.1, 0.15) is 5.82 Å². The van der Waals surface area contributed by atoms with Gasteiger partial charge in [-0.15, -0.1) is 0 Å². The summed E-state index contributed by atoms with van der Waals surface area (Å²) in [6, 6.07) is 4.15. The van der Waals surface area contributed by atoms with Crippen LogP contribution in [0.1, 0.15) is 24.6 Å². The van der Waals surface area contributed by atoms with Crippen molar-refractivity contribution in [2.75, 3.05) is 5.73 Å². The van der Waals surface area contributed by atoms with Crippen molar-refractivity contribution in [2.45, 2.75) is 32.7 Å². The number of nitrogens with two attached hydrogens (primary N) is 2. The van der Waals surface area contributed by atoms with Crippen LogP contribution in [0.3, 0.4) is 0 Å². The second kappa shape index (κ2) is 4.23. The van der Waals surface area contributed by atoms with Crippen molar-refractivity contribution in [3.8, 4) is 0 Å². The highest BCUT2D eigenvalue weighted by Gasteiger charge is 2.00. The topological polar surface area (TPSA) is 64.9 Å². The van der Waals surface area contributed by atoms with Gasteiger partial charge in [0.15, 0.2) is 0 Å². The molecule has 0 saturated carbocycles. The molecule has 4 N–H and O–H groups in total. The highest BCUT2D eigenvalue weighted by atomic mass is 14.8. The Balaban J connectivity index is 2.66. The minimum absolute atomic E-state index is 0.225. The average Bonchev–Trinajstić information content (AvgIpc) is 1.99. The molecule has 0 spiro atoms. The Morgan fingerprint density at radius 2 is 2.15 bits per heavy atom. The van der Waals surface area contributed by atoms with Crippen molar-refractivity contribution >= 4 is 5.82 Å². The fraction of sp³-hybridized carbons (Fsp3) is 0.500. The summed E-state index contributed by atoms with van der Waals surface area (Å²) >= 11 is 0. The zero-order chi connectivity index (χ0) is 9.84. The lowest BCUT2D eigenvalue weighted by atomic mass is 10.1. The minimum Gasteiger partial charge on any atom is -0.384 e. The number of rotatable bonds is 3. The Labute approximate surface area is 79.2 Å². The van der Waals surface area contributed by atoms with E-state index < -0.39 is 0 Å². The maximum Gasteiger partial charge on any atom is 0.123 e. The third-order valence-electron chi connectivity index (χ3n) is 1.90. The first-order valence-corrected chi connectivity index (χ1v) is 4.56. The molecular formula is C10H17N3. The van der Waals surface area contributed by atoms with Gasteiger partial charge in [-0.1, -0.05) is 0 Å². The van der Waals surface area contributed by atoms with Crippen LogP contribution in [0, 0.1) is 6.92 Å². The first-order valence-electron chi connectivity index (χ1n) is 4.56. The van der Waals surface area contributed by atoms with E-state index in [0.29, 0.717) is 5.82 Å². The van der Waals surface area contributed by atoms with E-state index in [0.717, 1.165) is 24.1 Å². The predicted octanol–water partition coefficient (Wildman–Crippen LogP) is 1.25. The van der Waals surface area contributed by atoms with Gasteiger partial charge >= 0.3 is 0 Å². The van der Waals surface area contributed by atoms with Crippen molar-refractivity contribution in [1.29, 1.82) is 0 Å². The molecular weight excluding hydrogens is 162 g/mol. The minimum atomic E-state index is 0.225. The van der Waals surface area contributed by atoms with Crippen LogP contribution in [0.15, 0.2) is 12.1 Å². The molecule has 1 aromatic heterocycles. The van der Waals surface area contributed by atoms with E-state index >= 15 is 0 Å². The number of aromatic nitrogens is 1. The molecule has 0 amide bonds. The largest absolute Gasteiger partial charge is 0.384 e. The van der Waals surface area contributed by atoms with Gasteiger partial charge in [-0.25, -0.2) is 4.98 Å². The molecule has 3 heteroatoms. The summed E-state index contributed by atoms with van der Waals surface area (Å²) < 4.78 is 0. The average molecular weight is 179 g/mol. The van der Waals surface area contributed by atoms with E-state index in [2.05, 4.69) is 11.1 Å². The molecule has 13 heavy (non-hydrogen) atoms. The molecule has 1 aromatic rings. The molecule has 1 unspecified atom stereocenters. The van der Waals surface area contributed by atoms with Crippen molar-refractivity contribution in [3.63, 3.8) is 0 Å². The first-order chi connectivity index (χ1) is 6.08. The van der Waals surface area contributed by atoms with Gasteiger partial charge in [0.05, 0.1) is 0 Å². The summed E-state index contributed by atoms with van der Waals surface area (Å²) in [6.07, 6.45) is 1.86. The SMILES string of the molecule is Cc1cc(N)nc(CCC(C)N)c1. The monoisotopic (exact) mass is 179 g/mol. The van der Waals surface area contributed by atoms with E-state index in [-0.39, 0.29) is 6.04 Å².